The largest absolute Gasteiger partial charge is 0.337 e. The smallest absolute Gasteiger partial charge is 0.312 e. The van der Waals surface area contributed by atoms with Gasteiger partial charge in [-0.1, -0.05) is 26.0 Å². The van der Waals surface area contributed by atoms with Gasteiger partial charge in [-0.2, -0.15) is 0 Å². The zero-order valence-corrected chi connectivity index (χ0v) is 13.1. The average molecular weight is 302 g/mol. The van der Waals surface area contributed by atoms with Gasteiger partial charge in [0.05, 0.1) is 0 Å². The van der Waals surface area contributed by atoms with E-state index < -0.39 is 13.0 Å². The number of hydrogen-bond acceptors (Lipinski definition) is 4. The van der Waals surface area contributed by atoms with E-state index >= 15 is 0 Å². The zero-order valence-electron chi connectivity index (χ0n) is 12.2. The lowest BCUT2D eigenvalue weighted by Crippen LogP contribution is -2.29. The first kappa shape index (κ1) is 17.0. The predicted octanol–water partition coefficient (Wildman–Crippen LogP) is 3.45. The van der Waals surface area contributed by atoms with Crippen LogP contribution in [0, 0.1) is 11.2 Å². The summed E-state index contributed by atoms with van der Waals surface area (Å²) < 4.78 is 34.4. The second-order valence-electron chi connectivity index (χ2n) is 5.24. The van der Waals surface area contributed by atoms with Crippen LogP contribution < -0.4 is 0 Å². The molecule has 0 heterocycles. The fourth-order valence-corrected chi connectivity index (χ4v) is 2.99. The van der Waals surface area contributed by atoms with Crippen molar-refractivity contribution in [3.05, 3.63) is 35.6 Å². The van der Waals surface area contributed by atoms with E-state index in [1.54, 1.807) is 26.0 Å². The average Bonchev–Trinajstić information content (AvgIpc) is 2.41. The summed E-state index contributed by atoms with van der Waals surface area (Å²) >= 11 is 0. The molecule has 0 aromatic heterocycles. The number of halogens is 1. The summed E-state index contributed by atoms with van der Waals surface area (Å²) in [6.45, 7) is 3.52. The number of ketones is 1. The van der Waals surface area contributed by atoms with Crippen LogP contribution in [0.2, 0.25) is 0 Å². The molecule has 6 heteroatoms. The Morgan fingerprint density at radius 3 is 2.15 bits per heavy atom. The minimum Gasteiger partial charge on any atom is -0.312 e. The fraction of sp³-hybridized carbons (Fsp3) is 0.500. The summed E-state index contributed by atoms with van der Waals surface area (Å²) in [4.78, 5) is 12.3. The summed E-state index contributed by atoms with van der Waals surface area (Å²) in [5.74, 6) is -0.532. The van der Waals surface area contributed by atoms with Crippen molar-refractivity contribution in [3.63, 3.8) is 0 Å². The van der Waals surface area contributed by atoms with Crippen molar-refractivity contribution in [1.29, 1.82) is 0 Å². The molecule has 0 aliphatic rings. The molecular weight excluding hydrogens is 282 g/mol. The molecular formula is C14H20FO4P. The molecule has 1 rings (SSSR count). The van der Waals surface area contributed by atoms with E-state index in [2.05, 4.69) is 0 Å². The molecule has 0 aliphatic carbocycles. The highest BCUT2D eigenvalue weighted by atomic mass is 31.2. The lowest BCUT2D eigenvalue weighted by Gasteiger charge is -2.25. The molecule has 0 amide bonds. The monoisotopic (exact) mass is 302 g/mol. The summed E-state index contributed by atoms with van der Waals surface area (Å²) in [7, 11) is -0.847. The Morgan fingerprint density at radius 1 is 1.20 bits per heavy atom. The van der Waals surface area contributed by atoms with Crippen molar-refractivity contribution in [2.24, 2.45) is 5.41 Å². The normalized spacial score (nSPS) is 12.4. The molecule has 0 bridgehead atoms. The molecule has 0 spiro atoms. The molecule has 1 aromatic rings. The second-order valence-corrected chi connectivity index (χ2v) is 7.51. The van der Waals surface area contributed by atoms with E-state index in [4.69, 9.17) is 9.05 Å². The standard InChI is InChI=1S/C14H20FO4P/c1-14(2,9-11-5-7-12(15)8-6-11)13(16)10-20(17,18-3)19-4/h5-8H,9-10H2,1-4H3. The summed E-state index contributed by atoms with van der Waals surface area (Å²) in [6, 6.07) is 5.98. The Morgan fingerprint density at radius 2 is 1.70 bits per heavy atom. The molecule has 0 saturated carbocycles. The van der Waals surface area contributed by atoms with Crippen LogP contribution in [-0.4, -0.2) is 26.2 Å². The highest BCUT2D eigenvalue weighted by molar-refractivity contribution is 7.54. The first-order valence-electron chi connectivity index (χ1n) is 6.21. The van der Waals surface area contributed by atoms with E-state index in [0.717, 1.165) is 5.56 Å². The maximum Gasteiger partial charge on any atom is 0.337 e. The van der Waals surface area contributed by atoms with Gasteiger partial charge in [0.1, 0.15) is 12.0 Å². The van der Waals surface area contributed by atoms with Gasteiger partial charge in [-0.15, -0.1) is 0 Å². The first-order chi connectivity index (χ1) is 9.22. The van der Waals surface area contributed by atoms with Gasteiger partial charge in [0.2, 0.25) is 0 Å². The SMILES string of the molecule is COP(=O)(CC(=O)C(C)(C)Cc1ccc(F)cc1)OC. The van der Waals surface area contributed by atoms with E-state index in [1.165, 1.54) is 26.4 Å². The van der Waals surface area contributed by atoms with Crippen molar-refractivity contribution in [1.82, 2.24) is 0 Å². The first-order valence-corrected chi connectivity index (χ1v) is 7.93. The van der Waals surface area contributed by atoms with Crippen LogP contribution in [0.15, 0.2) is 24.3 Å². The highest BCUT2D eigenvalue weighted by Gasteiger charge is 2.35. The highest BCUT2D eigenvalue weighted by Crippen LogP contribution is 2.47. The van der Waals surface area contributed by atoms with Crippen molar-refractivity contribution in [2.75, 3.05) is 20.4 Å². The van der Waals surface area contributed by atoms with Crippen LogP contribution in [0.3, 0.4) is 0 Å². The molecule has 0 saturated heterocycles. The third kappa shape index (κ3) is 4.51. The van der Waals surface area contributed by atoms with Gasteiger partial charge in [0.15, 0.2) is 5.78 Å². The van der Waals surface area contributed by atoms with Gasteiger partial charge in [-0.3, -0.25) is 9.36 Å². The topological polar surface area (TPSA) is 52.6 Å². The minimum atomic E-state index is -3.36. The van der Waals surface area contributed by atoms with Crippen LogP contribution in [0.25, 0.3) is 0 Å². The Hall–Kier alpha value is -1.03. The van der Waals surface area contributed by atoms with Crippen LogP contribution >= 0.6 is 7.60 Å². The number of rotatable bonds is 7. The predicted molar refractivity (Wildman–Crippen MR) is 75.4 cm³/mol. The zero-order chi connectivity index (χ0) is 15.4. The maximum absolute atomic E-state index is 12.9. The van der Waals surface area contributed by atoms with Gasteiger partial charge in [-0.25, -0.2) is 4.39 Å². The van der Waals surface area contributed by atoms with Gasteiger partial charge in [-0.05, 0) is 24.1 Å². The van der Waals surface area contributed by atoms with Crippen molar-refractivity contribution >= 4 is 13.4 Å². The summed E-state index contributed by atoms with van der Waals surface area (Å²) in [5, 5.41) is 0. The van der Waals surface area contributed by atoms with E-state index in [0.29, 0.717) is 6.42 Å². The van der Waals surface area contributed by atoms with E-state index in [1.807, 2.05) is 0 Å². The number of carbonyl (C=O) groups is 1. The molecule has 0 N–H and O–H groups in total. The van der Waals surface area contributed by atoms with Crippen LogP contribution in [0.1, 0.15) is 19.4 Å². The third-order valence-electron chi connectivity index (χ3n) is 3.21. The van der Waals surface area contributed by atoms with Gasteiger partial charge in [0.25, 0.3) is 0 Å². The Balaban J connectivity index is 2.80. The maximum atomic E-state index is 12.9. The van der Waals surface area contributed by atoms with Crippen LogP contribution in [-0.2, 0) is 24.8 Å². The van der Waals surface area contributed by atoms with E-state index in [9.17, 15) is 13.8 Å². The number of Topliss-reactive ketones (excluding diaryl/α,β-unsaturated/α-hetero) is 1. The van der Waals surface area contributed by atoms with Gasteiger partial charge < -0.3 is 9.05 Å². The summed E-state index contributed by atoms with van der Waals surface area (Å²) in [5.41, 5.74) is 0.110. The molecule has 0 radical (unpaired) electrons. The lowest BCUT2D eigenvalue weighted by molar-refractivity contribution is -0.124. The van der Waals surface area contributed by atoms with Crippen molar-refractivity contribution in [2.45, 2.75) is 20.3 Å². The minimum absolute atomic E-state index is 0.214. The van der Waals surface area contributed by atoms with Crippen molar-refractivity contribution in [3.8, 4) is 0 Å². The Bertz CT molecular complexity index is 502. The second kappa shape index (κ2) is 6.61. The van der Waals surface area contributed by atoms with Crippen LogP contribution in [0.4, 0.5) is 4.39 Å². The quantitative estimate of drug-likeness (QED) is 0.724. The van der Waals surface area contributed by atoms with Crippen molar-refractivity contribution < 1.29 is 22.8 Å². The lowest BCUT2D eigenvalue weighted by atomic mass is 9.82. The molecule has 20 heavy (non-hydrogen) atoms. The van der Waals surface area contributed by atoms with Gasteiger partial charge in [0, 0.05) is 19.6 Å². The molecule has 1 aromatic carbocycles. The fourth-order valence-electron chi connectivity index (χ4n) is 1.80. The Kier molecular flexibility index (Phi) is 5.63. The number of benzene rings is 1. The van der Waals surface area contributed by atoms with Crippen LogP contribution in [0.5, 0.6) is 0 Å². The Labute approximate surface area is 118 Å². The number of hydrogen-bond donors (Lipinski definition) is 0. The molecule has 4 nitrogen and oxygen atoms in total. The molecule has 0 fully saturated rings. The summed E-state index contributed by atoms with van der Waals surface area (Å²) in [6.07, 6.45) is 0.160. The van der Waals surface area contributed by atoms with E-state index in [-0.39, 0.29) is 17.8 Å². The van der Waals surface area contributed by atoms with Gasteiger partial charge >= 0.3 is 7.60 Å². The molecule has 0 atom stereocenters. The number of carbonyl (C=O) groups excluding carboxylic acids is 1. The molecule has 0 unspecified atom stereocenters. The molecule has 0 aliphatic heterocycles. The molecule has 112 valence electrons. The third-order valence-corrected chi connectivity index (χ3v) is 4.99.